The van der Waals surface area contributed by atoms with Crippen molar-refractivity contribution < 1.29 is 78.3 Å². The lowest BCUT2D eigenvalue weighted by Gasteiger charge is -2.28. The summed E-state index contributed by atoms with van der Waals surface area (Å²) >= 11 is 4.05. The summed E-state index contributed by atoms with van der Waals surface area (Å²) in [6.07, 6.45) is -0.472. The van der Waals surface area contributed by atoms with E-state index in [2.05, 4.69) is 59.8 Å². The van der Waals surface area contributed by atoms with Crippen molar-refractivity contribution in [2.75, 3.05) is 19.0 Å². The second-order valence-electron chi connectivity index (χ2n) is 18.7. The predicted molar refractivity (Wildman–Crippen MR) is 292 cm³/mol. The first kappa shape index (κ1) is 65.4. The van der Waals surface area contributed by atoms with Crippen molar-refractivity contribution in [1.82, 2.24) is 52.5 Å². The molecule has 10 amide bonds. The molecule has 0 radical (unpaired) electrons. The van der Waals surface area contributed by atoms with Crippen LogP contribution < -0.4 is 59.7 Å². The van der Waals surface area contributed by atoms with Crippen LogP contribution >= 0.6 is 12.6 Å². The number of aliphatic hydroxyl groups excluding tert-OH is 2. The predicted octanol–water partition coefficient (Wildman–Crippen LogP) is -5.17. The average Bonchev–Trinajstić information content (AvgIpc) is 3.98. The van der Waals surface area contributed by atoms with Gasteiger partial charge in [0.2, 0.25) is 59.1 Å². The van der Waals surface area contributed by atoms with Crippen molar-refractivity contribution in [3.8, 4) is 11.5 Å². The largest absolute Gasteiger partial charge is 0.508 e. The second-order valence-corrected chi connectivity index (χ2v) is 19.1. The van der Waals surface area contributed by atoms with Crippen molar-refractivity contribution >= 4 is 77.7 Å². The molecule has 1 heterocycles. The van der Waals surface area contributed by atoms with E-state index >= 15 is 0 Å². The molecule has 29 nitrogen and oxygen atoms in total. The van der Waals surface area contributed by atoms with Crippen LogP contribution in [0.15, 0.2) is 91.4 Å². The minimum absolute atomic E-state index is 0.0807. The van der Waals surface area contributed by atoms with Crippen LogP contribution in [0, 0.1) is 0 Å². The molecule has 3 aromatic carbocycles. The van der Waals surface area contributed by atoms with Gasteiger partial charge in [0.05, 0.1) is 25.6 Å². The van der Waals surface area contributed by atoms with Crippen molar-refractivity contribution in [1.29, 1.82) is 0 Å². The number of hydrogen-bond donors (Lipinski definition) is 18. The molecular weight excluding hydrogens is 1090 g/mol. The number of hydrogen-bond acceptors (Lipinski definition) is 18. The van der Waals surface area contributed by atoms with E-state index in [0.717, 1.165) is 0 Å². The molecule has 30 heteroatoms. The smallest absolute Gasteiger partial charge is 0.328 e. The lowest BCUT2D eigenvalue weighted by atomic mass is 10.0. The summed E-state index contributed by atoms with van der Waals surface area (Å²) in [7, 11) is 0. The molecule has 82 heavy (non-hydrogen) atoms. The van der Waals surface area contributed by atoms with E-state index in [1.165, 1.54) is 61.1 Å². The summed E-state index contributed by atoms with van der Waals surface area (Å²) in [6.45, 7) is -2.15. The number of phenols is 2. The molecule has 442 valence electrons. The molecule has 0 unspecified atom stereocenters. The number of aromatic nitrogens is 2. The lowest BCUT2D eigenvalue weighted by Crippen LogP contribution is -2.61. The molecular formula is C52H67N13O16S. The number of phenolic OH excluding ortho intramolecular Hbond substituents is 2. The van der Waals surface area contributed by atoms with Gasteiger partial charge in [0.15, 0.2) is 0 Å². The van der Waals surface area contributed by atoms with Crippen molar-refractivity contribution in [2.24, 2.45) is 17.2 Å². The van der Waals surface area contributed by atoms with Gasteiger partial charge in [0.25, 0.3) is 0 Å². The molecule has 0 aliphatic rings. The number of nitrogens with one attached hydrogen (secondary N) is 9. The van der Waals surface area contributed by atoms with Gasteiger partial charge in [0.1, 0.15) is 59.8 Å². The molecule has 9 atom stereocenters. The third-order valence-electron chi connectivity index (χ3n) is 12.3. The third kappa shape index (κ3) is 21.8. The molecule has 1 aromatic heterocycles. The number of aromatic hydroxyl groups is 2. The van der Waals surface area contributed by atoms with Gasteiger partial charge in [-0.1, -0.05) is 54.6 Å². The minimum Gasteiger partial charge on any atom is -0.508 e. The quantitative estimate of drug-likeness (QED) is 0.0194. The molecule has 20 N–H and O–H groups in total. The highest BCUT2D eigenvalue weighted by molar-refractivity contribution is 7.80. The number of thiol groups is 1. The highest BCUT2D eigenvalue weighted by Crippen LogP contribution is 2.15. The highest BCUT2D eigenvalue weighted by atomic mass is 32.1. The Morgan fingerprint density at radius 2 is 0.817 bits per heavy atom. The van der Waals surface area contributed by atoms with E-state index < -0.39 is 158 Å². The summed E-state index contributed by atoms with van der Waals surface area (Å²) in [5.41, 5.74) is 18.2. The van der Waals surface area contributed by atoms with Gasteiger partial charge in [-0.25, -0.2) is 9.78 Å². The van der Waals surface area contributed by atoms with Crippen LogP contribution in [0.3, 0.4) is 0 Å². The Balaban J connectivity index is 1.63. The number of primary amides is 2. The van der Waals surface area contributed by atoms with Crippen molar-refractivity contribution in [2.45, 2.75) is 106 Å². The summed E-state index contributed by atoms with van der Waals surface area (Å²) in [6, 6.07) is 4.89. The van der Waals surface area contributed by atoms with Crippen LogP contribution in [0.5, 0.6) is 11.5 Å². The molecule has 0 spiro atoms. The number of nitrogens with two attached hydrogens (primary N) is 3. The number of carboxylic acids is 1. The number of carbonyl (C=O) groups excluding carboxylic acids is 10. The molecule has 0 saturated heterocycles. The number of carbonyl (C=O) groups is 11. The van der Waals surface area contributed by atoms with E-state index in [1.54, 1.807) is 30.3 Å². The number of amides is 10. The molecule has 0 fully saturated rings. The fourth-order valence-corrected chi connectivity index (χ4v) is 7.96. The average molecular weight is 1160 g/mol. The van der Waals surface area contributed by atoms with Gasteiger partial charge in [-0.15, -0.1) is 0 Å². The minimum atomic E-state index is -1.88. The van der Waals surface area contributed by atoms with Gasteiger partial charge in [-0.3, -0.25) is 47.9 Å². The first-order valence-electron chi connectivity index (χ1n) is 25.4. The fourth-order valence-electron chi connectivity index (χ4n) is 7.80. The zero-order valence-corrected chi connectivity index (χ0v) is 44.9. The molecule has 4 aromatic rings. The number of carboxylic acid groups (broad SMARTS) is 1. The Kier molecular flexibility index (Phi) is 26.2. The maximum atomic E-state index is 14.4. The Bertz CT molecular complexity index is 2830. The Labute approximate surface area is 474 Å². The van der Waals surface area contributed by atoms with Crippen LogP contribution in [0.25, 0.3) is 0 Å². The summed E-state index contributed by atoms with van der Waals surface area (Å²) in [5.74, 6) is -12.0. The van der Waals surface area contributed by atoms with E-state index in [4.69, 9.17) is 17.2 Å². The number of aliphatic carboxylic acids is 1. The second kappa shape index (κ2) is 32.8. The maximum Gasteiger partial charge on any atom is 0.328 e. The van der Waals surface area contributed by atoms with Crippen LogP contribution in [0.4, 0.5) is 0 Å². The third-order valence-corrected chi connectivity index (χ3v) is 12.7. The highest BCUT2D eigenvalue weighted by Gasteiger charge is 2.36. The van der Waals surface area contributed by atoms with E-state index in [0.29, 0.717) is 16.7 Å². The number of aliphatic hydroxyl groups is 2. The van der Waals surface area contributed by atoms with Gasteiger partial charge < -0.3 is 90.3 Å². The number of nitrogens with zero attached hydrogens (tertiary/aromatic N) is 1. The molecule has 0 saturated carbocycles. The monoisotopic (exact) mass is 1160 g/mol. The first-order chi connectivity index (χ1) is 39.0. The van der Waals surface area contributed by atoms with Crippen LogP contribution in [0.1, 0.15) is 48.1 Å². The van der Waals surface area contributed by atoms with Gasteiger partial charge >= 0.3 is 5.97 Å². The van der Waals surface area contributed by atoms with Gasteiger partial charge in [-0.2, -0.15) is 12.6 Å². The Morgan fingerprint density at radius 3 is 1.18 bits per heavy atom. The summed E-state index contributed by atoms with van der Waals surface area (Å²) in [5, 5.41) is 68.5. The van der Waals surface area contributed by atoms with Crippen molar-refractivity contribution in [3.63, 3.8) is 0 Å². The fraction of sp³-hybridized carbons (Fsp3) is 0.385. The normalized spacial score (nSPS) is 14.2. The standard InChI is InChI=1S/C52H67N13O16S/c53-33(25-82)44(72)60-36(19-28-6-10-31(68)11-7-28)47(75)62-38(20-29-8-12-32(69)13-9-29)49(77)64-40(23-66)51(79)59-34(14-16-42(54)70)45(73)61-37(18-27-4-2-1-3-5-27)48(76)63-39(21-30-22-56-26-57-30)50(78)58-35(15-17-43(55)71)46(74)65-41(24-67)52(80)81/h1-13,22,26,33-41,66-69,82H,14-21,23-25,53H2,(H2,54,70)(H2,55,71)(H,56,57)(H,58,78)(H,59,79)(H,60,72)(H,61,73)(H,62,75)(H,63,76)(H,64,77)(H,65,74)(H,80,81)/t33-,34-,35-,36-,37-,38-,39-,40-,41-/m0/s1. The van der Waals surface area contributed by atoms with E-state index in [9.17, 15) is 78.3 Å². The summed E-state index contributed by atoms with van der Waals surface area (Å²) in [4.78, 5) is 154. The zero-order valence-electron chi connectivity index (χ0n) is 44.0. The zero-order chi connectivity index (χ0) is 60.5. The SMILES string of the molecule is NC(=O)CC[C@H](NC(=O)[C@H](Cc1cnc[nH]1)NC(=O)[C@H](Cc1ccccc1)NC(=O)[C@H](CCC(N)=O)NC(=O)[C@H](CO)NC(=O)[C@H](Cc1ccc(O)cc1)NC(=O)[C@H](Cc1ccc(O)cc1)NC(=O)[C@@H](N)CS)C(=O)N[C@@H](CO)C(=O)O. The number of H-pyrrole nitrogens is 1. The van der Waals surface area contributed by atoms with Crippen molar-refractivity contribution in [3.05, 3.63) is 114 Å². The van der Waals surface area contributed by atoms with Crippen LogP contribution in [0.2, 0.25) is 0 Å². The van der Waals surface area contributed by atoms with Crippen LogP contribution in [-0.4, -0.2) is 174 Å². The number of benzene rings is 3. The summed E-state index contributed by atoms with van der Waals surface area (Å²) < 4.78 is 0. The maximum absolute atomic E-state index is 14.4. The Hall–Kier alpha value is -9.13. The van der Waals surface area contributed by atoms with E-state index in [-0.39, 0.29) is 48.6 Å². The molecule has 0 aliphatic carbocycles. The number of imidazole rings is 1. The molecule has 0 bridgehead atoms. The Morgan fingerprint density at radius 1 is 0.476 bits per heavy atom. The van der Waals surface area contributed by atoms with Crippen LogP contribution in [-0.2, 0) is 78.4 Å². The lowest BCUT2D eigenvalue weighted by molar-refractivity contribution is -0.143. The van der Waals surface area contributed by atoms with E-state index in [1.807, 2.05) is 5.32 Å². The molecule has 0 aliphatic heterocycles. The topological polar surface area (TPSA) is 492 Å². The number of rotatable bonds is 34. The number of aromatic amines is 1. The van der Waals surface area contributed by atoms with Gasteiger partial charge in [-0.05, 0) is 53.8 Å². The van der Waals surface area contributed by atoms with Gasteiger partial charge in [0, 0.05) is 56.2 Å². The first-order valence-corrected chi connectivity index (χ1v) is 26.0. The molecule has 4 rings (SSSR count).